The Morgan fingerprint density at radius 1 is 1.21 bits per heavy atom. The van der Waals surface area contributed by atoms with Gasteiger partial charge in [-0.3, -0.25) is 9.36 Å². The van der Waals surface area contributed by atoms with Crippen molar-refractivity contribution in [3.8, 4) is 5.75 Å². The molecular weight excluding hydrogens is 652 g/mol. The summed E-state index contributed by atoms with van der Waals surface area (Å²) in [6, 6.07) is 14.4. The van der Waals surface area contributed by atoms with E-state index in [1.165, 1.54) is 23.1 Å². The first-order chi connectivity index (χ1) is 20.8. The number of ether oxygens (including phenoxy) is 2. The summed E-state index contributed by atoms with van der Waals surface area (Å²) in [7, 11) is 1.57. The van der Waals surface area contributed by atoms with Gasteiger partial charge in [-0.25, -0.2) is 19.8 Å². The third-order valence-electron chi connectivity index (χ3n) is 6.85. The molecule has 0 unspecified atom stereocenters. The minimum atomic E-state index is -0.827. The van der Waals surface area contributed by atoms with Gasteiger partial charge in [0.2, 0.25) is 0 Å². The van der Waals surface area contributed by atoms with Crippen molar-refractivity contribution in [1.29, 1.82) is 0 Å². The number of fused-ring (bicyclic) bond motifs is 2. The zero-order chi connectivity index (χ0) is 30.2. The first-order valence-electron chi connectivity index (χ1n) is 13.3. The zero-order valence-electron chi connectivity index (χ0n) is 23.6. The minimum Gasteiger partial charge on any atom is -0.496 e. The molecular formula is C31H25BrN4O5S2. The van der Waals surface area contributed by atoms with Crippen LogP contribution in [0.2, 0.25) is 0 Å². The average Bonchev–Trinajstić information content (AvgIpc) is 3.48. The van der Waals surface area contributed by atoms with Crippen molar-refractivity contribution in [3.63, 3.8) is 0 Å². The van der Waals surface area contributed by atoms with Crippen molar-refractivity contribution in [2.75, 3.05) is 13.7 Å². The third kappa shape index (κ3) is 5.46. The van der Waals surface area contributed by atoms with E-state index in [2.05, 4.69) is 25.9 Å². The Hall–Kier alpha value is -4.00. The summed E-state index contributed by atoms with van der Waals surface area (Å²) < 4.78 is 20.0. The fourth-order valence-corrected chi connectivity index (χ4v) is 7.34. The Bertz CT molecular complexity index is 2110. The van der Waals surface area contributed by atoms with E-state index in [0.717, 1.165) is 16.5 Å². The van der Waals surface area contributed by atoms with Crippen LogP contribution in [-0.2, 0) is 9.53 Å². The smallest absolute Gasteiger partial charge is 0.338 e. The number of methoxy groups -OCH3 is 1. The number of thiazole rings is 1. The van der Waals surface area contributed by atoms with Crippen molar-refractivity contribution in [2.45, 2.75) is 37.1 Å². The number of halogens is 1. The summed E-state index contributed by atoms with van der Waals surface area (Å²) in [5.74, 6) is 0.478. The molecule has 0 spiro atoms. The third-order valence-corrected chi connectivity index (χ3v) is 9.55. The summed E-state index contributed by atoms with van der Waals surface area (Å²) in [5.41, 5.74) is 1.97. The SMILES string of the molecule is CCOC(=O)C1=C(C)N=c2s/c(=C/c3cc(Br)c(Sc4nccc(C)n4)o3)c(=O)n2[C@H]1c1c(OC)ccc2ccccc12. The van der Waals surface area contributed by atoms with Gasteiger partial charge in [-0.2, -0.15) is 0 Å². The van der Waals surface area contributed by atoms with E-state index in [4.69, 9.17) is 18.9 Å². The molecule has 0 amide bonds. The highest BCUT2D eigenvalue weighted by molar-refractivity contribution is 9.10. The van der Waals surface area contributed by atoms with Crippen LogP contribution >= 0.6 is 39.0 Å². The molecule has 43 heavy (non-hydrogen) atoms. The maximum absolute atomic E-state index is 14.2. The Labute approximate surface area is 262 Å². The number of aryl methyl sites for hydroxylation is 1. The van der Waals surface area contributed by atoms with E-state index in [-0.39, 0.29) is 17.7 Å². The number of carbonyl (C=O) groups is 1. The van der Waals surface area contributed by atoms with Crippen LogP contribution in [-0.4, -0.2) is 34.2 Å². The summed E-state index contributed by atoms with van der Waals surface area (Å²) in [6.45, 7) is 5.58. The first-order valence-corrected chi connectivity index (χ1v) is 15.7. The molecule has 0 radical (unpaired) electrons. The minimum absolute atomic E-state index is 0.181. The van der Waals surface area contributed by atoms with Gasteiger partial charge in [-0.15, -0.1) is 0 Å². The van der Waals surface area contributed by atoms with Gasteiger partial charge in [-0.1, -0.05) is 41.7 Å². The average molecular weight is 678 g/mol. The largest absolute Gasteiger partial charge is 0.496 e. The summed E-state index contributed by atoms with van der Waals surface area (Å²) in [6.07, 6.45) is 3.37. The molecule has 0 aliphatic carbocycles. The highest BCUT2D eigenvalue weighted by Gasteiger charge is 2.36. The number of benzene rings is 2. The molecule has 0 bridgehead atoms. The number of esters is 1. The molecule has 6 rings (SSSR count). The maximum Gasteiger partial charge on any atom is 0.338 e. The Balaban J connectivity index is 1.53. The predicted molar refractivity (Wildman–Crippen MR) is 168 cm³/mol. The lowest BCUT2D eigenvalue weighted by Gasteiger charge is -2.27. The maximum atomic E-state index is 14.2. The second-order valence-electron chi connectivity index (χ2n) is 9.57. The Kier molecular flexibility index (Phi) is 8.08. The molecule has 12 heteroatoms. The molecule has 0 saturated heterocycles. The molecule has 0 N–H and O–H groups in total. The molecule has 1 atom stereocenters. The van der Waals surface area contributed by atoms with Crippen LogP contribution in [0.25, 0.3) is 16.8 Å². The fourth-order valence-electron chi connectivity index (χ4n) is 5.00. The molecule has 4 heterocycles. The van der Waals surface area contributed by atoms with E-state index < -0.39 is 12.0 Å². The number of hydrogen-bond acceptors (Lipinski definition) is 10. The Morgan fingerprint density at radius 2 is 2.02 bits per heavy atom. The molecule has 0 saturated carbocycles. The summed E-state index contributed by atoms with van der Waals surface area (Å²) >= 11 is 6.04. The number of rotatable bonds is 7. The van der Waals surface area contributed by atoms with E-state index in [1.807, 2.05) is 49.4 Å². The molecule has 2 aromatic carbocycles. The van der Waals surface area contributed by atoms with Crippen molar-refractivity contribution >= 4 is 61.8 Å². The second-order valence-corrected chi connectivity index (χ2v) is 12.4. The standard InChI is InChI=1S/C31H25BrN4O5S2/c1-5-40-28(38)24-17(3)35-31-36(26(24)25-20-9-7-6-8-18(20)10-11-22(25)39-4)27(37)23(42-31)15-19-14-21(32)29(41-19)43-30-33-13-12-16(2)34-30/h6-15,26H,5H2,1-4H3/b23-15+/t26-/m1/s1. The number of allylic oxidation sites excluding steroid dienone is 1. The Morgan fingerprint density at radius 3 is 2.79 bits per heavy atom. The van der Waals surface area contributed by atoms with Gasteiger partial charge >= 0.3 is 5.97 Å². The lowest BCUT2D eigenvalue weighted by Crippen LogP contribution is -2.40. The number of carbonyl (C=O) groups excluding carboxylic acids is 1. The summed E-state index contributed by atoms with van der Waals surface area (Å²) in [5, 5.41) is 2.91. The predicted octanol–water partition coefficient (Wildman–Crippen LogP) is 5.57. The van der Waals surface area contributed by atoms with Crippen molar-refractivity contribution in [2.24, 2.45) is 4.99 Å². The molecule has 5 aromatic rings. The van der Waals surface area contributed by atoms with Crippen LogP contribution < -0.4 is 19.6 Å². The molecule has 1 aliphatic heterocycles. The monoisotopic (exact) mass is 676 g/mol. The van der Waals surface area contributed by atoms with Gasteiger partial charge in [0.1, 0.15) is 17.6 Å². The van der Waals surface area contributed by atoms with E-state index in [0.29, 0.717) is 46.8 Å². The van der Waals surface area contributed by atoms with E-state index in [9.17, 15) is 9.59 Å². The summed E-state index contributed by atoms with van der Waals surface area (Å²) in [4.78, 5) is 41.5. The molecule has 0 fully saturated rings. The zero-order valence-corrected chi connectivity index (χ0v) is 26.8. The van der Waals surface area contributed by atoms with Gasteiger partial charge in [0.15, 0.2) is 15.1 Å². The van der Waals surface area contributed by atoms with Gasteiger partial charge in [0, 0.05) is 23.5 Å². The van der Waals surface area contributed by atoms with Gasteiger partial charge in [0.25, 0.3) is 5.56 Å². The van der Waals surface area contributed by atoms with Crippen LogP contribution in [0.5, 0.6) is 5.75 Å². The molecule has 3 aromatic heterocycles. The van der Waals surface area contributed by atoms with E-state index >= 15 is 0 Å². The molecule has 1 aliphatic rings. The molecule has 218 valence electrons. The van der Waals surface area contributed by atoms with Crippen LogP contribution in [0.1, 0.15) is 36.9 Å². The quantitative estimate of drug-likeness (QED) is 0.163. The van der Waals surface area contributed by atoms with Gasteiger partial charge < -0.3 is 13.9 Å². The van der Waals surface area contributed by atoms with Crippen molar-refractivity contribution in [1.82, 2.24) is 14.5 Å². The highest BCUT2D eigenvalue weighted by atomic mass is 79.9. The topological polar surface area (TPSA) is 109 Å². The van der Waals surface area contributed by atoms with Crippen LogP contribution in [0, 0.1) is 6.92 Å². The highest BCUT2D eigenvalue weighted by Crippen LogP contribution is 2.40. The molecule has 9 nitrogen and oxygen atoms in total. The lowest BCUT2D eigenvalue weighted by atomic mass is 9.90. The van der Waals surface area contributed by atoms with Crippen LogP contribution in [0.3, 0.4) is 0 Å². The normalized spacial score (nSPS) is 15.0. The lowest BCUT2D eigenvalue weighted by molar-refractivity contribution is -0.139. The van der Waals surface area contributed by atoms with Crippen molar-refractivity contribution < 1.29 is 18.7 Å². The number of aromatic nitrogens is 3. The van der Waals surface area contributed by atoms with Crippen LogP contribution in [0.15, 0.2) is 94.9 Å². The number of hydrogen-bond donors (Lipinski definition) is 0. The van der Waals surface area contributed by atoms with Gasteiger partial charge in [-0.05, 0) is 77.4 Å². The second kappa shape index (κ2) is 11.9. The van der Waals surface area contributed by atoms with Crippen LogP contribution in [0.4, 0.5) is 0 Å². The fraction of sp³-hybridized carbons (Fsp3) is 0.194. The number of furan rings is 1. The van der Waals surface area contributed by atoms with E-state index in [1.54, 1.807) is 43.9 Å². The number of nitrogens with zero attached hydrogens (tertiary/aromatic N) is 4. The van der Waals surface area contributed by atoms with Gasteiger partial charge in [0.05, 0.1) is 34.0 Å². The van der Waals surface area contributed by atoms with Crippen molar-refractivity contribution in [3.05, 3.63) is 107 Å². The first kappa shape index (κ1) is 29.1.